The van der Waals surface area contributed by atoms with Crippen molar-refractivity contribution in [3.8, 4) is 11.5 Å². The molecular weight excluding hydrogens is 334 g/mol. The molecule has 2 saturated carbocycles. The third-order valence-electron chi connectivity index (χ3n) is 7.62. The number of Topliss-reactive ketones (excluding diaryl/α,β-unsaturated/α-hetero) is 1. The molecule has 1 N–H and O–H groups in total. The van der Waals surface area contributed by atoms with Crippen LogP contribution in [0, 0.1) is 5.41 Å². The number of ketones is 1. The van der Waals surface area contributed by atoms with E-state index in [1.165, 1.54) is 6.92 Å². The number of hydrogen-bond donors (Lipinski definition) is 1. The summed E-state index contributed by atoms with van der Waals surface area (Å²) in [6.07, 6.45) is 1.77. The maximum absolute atomic E-state index is 12.8. The van der Waals surface area contributed by atoms with E-state index in [9.17, 15) is 14.7 Å². The van der Waals surface area contributed by atoms with Crippen LogP contribution in [0.1, 0.15) is 37.3 Å². The lowest BCUT2D eigenvalue weighted by Gasteiger charge is -2.57. The molecule has 2 heterocycles. The molecule has 1 aromatic rings. The van der Waals surface area contributed by atoms with Gasteiger partial charge in [0.25, 0.3) is 0 Å². The number of likely N-dealkylation sites (N-methyl/N-ethyl adjacent to an activating group) is 1. The van der Waals surface area contributed by atoms with E-state index in [4.69, 9.17) is 9.47 Å². The molecule has 3 aliphatic carbocycles. The molecule has 136 valence electrons. The molecule has 5 aliphatic rings. The summed E-state index contributed by atoms with van der Waals surface area (Å²) in [6, 6.07) is 3.81. The van der Waals surface area contributed by atoms with E-state index in [0.29, 0.717) is 24.3 Å². The average molecular weight is 355 g/mol. The number of rotatable bonds is 1. The fraction of sp³-hybridized carbons (Fsp3) is 0.600. The fourth-order valence-electron chi connectivity index (χ4n) is 7.31. The third kappa shape index (κ3) is 1.32. The highest BCUT2D eigenvalue weighted by Gasteiger charge is 2.82. The van der Waals surface area contributed by atoms with Gasteiger partial charge < -0.3 is 14.6 Å². The summed E-state index contributed by atoms with van der Waals surface area (Å²) in [5.41, 5.74) is 0.368. The fourth-order valence-corrected chi connectivity index (χ4v) is 7.31. The molecule has 6 heteroatoms. The summed E-state index contributed by atoms with van der Waals surface area (Å²) in [5, 5.41) is 12.0. The van der Waals surface area contributed by atoms with Crippen molar-refractivity contribution in [2.45, 2.75) is 55.8 Å². The Hall–Kier alpha value is -1.92. The standard InChI is InChI=1S/C20H21NO5/c1-10(22)25-13-4-3-11-7-18-8-19-14(11)15(13)26-16(19)12(23)5-6-20(19,24)17(18)21(2)9-18/h3-4,16-17,24H,5-9H2,1-2H3/t16-,17+,18?,19-,20+/m0/s1. The molecule has 3 fully saturated rings. The van der Waals surface area contributed by atoms with Crippen molar-refractivity contribution in [2.24, 2.45) is 5.41 Å². The van der Waals surface area contributed by atoms with Crippen molar-refractivity contribution in [2.75, 3.05) is 13.6 Å². The molecule has 26 heavy (non-hydrogen) atoms. The number of nitrogens with zero attached hydrogens (tertiary/aromatic N) is 1. The van der Waals surface area contributed by atoms with E-state index < -0.39 is 23.1 Å². The Morgan fingerprint density at radius 3 is 2.96 bits per heavy atom. The molecule has 1 aromatic carbocycles. The number of likely N-dealkylation sites (tertiary alicyclic amines) is 1. The Balaban J connectivity index is 1.66. The molecule has 2 spiro atoms. The molecule has 1 unspecified atom stereocenters. The second-order valence-electron chi connectivity index (χ2n) is 8.91. The van der Waals surface area contributed by atoms with Crippen LogP contribution in [0.3, 0.4) is 0 Å². The van der Waals surface area contributed by atoms with Crippen molar-refractivity contribution in [3.05, 3.63) is 23.3 Å². The lowest BCUT2D eigenvalue weighted by atomic mass is 9.57. The SMILES string of the molecule is CC(=O)Oc1ccc2c3c1O[C@H]1C(=O)CC[C@@]4(O)[C@@H]5N(C)CC5(C2)C[C@]314. The van der Waals surface area contributed by atoms with Crippen LogP contribution in [0.15, 0.2) is 12.1 Å². The number of aliphatic hydroxyl groups is 1. The third-order valence-corrected chi connectivity index (χ3v) is 7.62. The lowest BCUT2D eigenvalue weighted by molar-refractivity contribution is -0.165. The highest BCUT2D eigenvalue weighted by molar-refractivity contribution is 5.90. The van der Waals surface area contributed by atoms with Gasteiger partial charge in [0.15, 0.2) is 23.4 Å². The van der Waals surface area contributed by atoms with Gasteiger partial charge in [0.05, 0.1) is 11.0 Å². The van der Waals surface area contributed by atoms with E-state index in [-0.39, 0.29) is 17.2 Å². The van der Waals surface area contributed by atoms with Gasteiger partial charge in [-0.3, -0.25) is 14.5 Å². The maximum atomic E-state index is 12.8. The molecule has 5 atom stereocenters. The Kier molecular flexibility index (Phi) is 2.42. The second kappa shape index (κ2) is 4.15. The first-order valence-corrected chi connectivity index (χ1v) is 9.29. The molecular formula is C20H21NO5. The Labute approximate surface area is 151 Å². The summed E-state index contributed by atoms with van der Waals surface area (Å²) in [5.74, 6) is 0.484. The molecule has 2 aliphatic heterocycles. The molecule has 0 aromatic heterocycles. The molecule has 2 bridgehead atoms. The zero-order chi connectivity index (χ0) is 18.1. The first kappa shape index (κ1) is 15.2. The number of fused-ring (bicyclic) bond motifs is 1. The van der Waals surface area contributed by atoms with E-state index in [1.54, 1.807) is 6.07 Å². The van der Waals surface area contributed by atoms with E-state index in [1.807, 2.05) is 6.07 Å². The Bertz CT molecular complexity index is 912. The van der Waals surface area contributed by atoms with Crippen molar-refractivity contribution in [3.63, 3.8) is 0 Å². The number of esters is 1. The Morgan fingerprint density at radius 1 is 1.42 bits per heavy atom. The summed E-state index contributed by atoms with van der Waals surface area (Å²) in [7, 11) is 2.06. The van der Waals surface area contributed by atoms with E-state index in [0.717, 1.165) is 30.5 Å². The zero-order valence-electron chi connectivity index (χ0n) is 14.9. The van der Waals surface area contributed by atoms with Gasteiger partial charge in [-0.05, 0) is 37.9 Å². The quantitative estimate of drug-likeness (QED) is 0.598. The zero-order valence-corrected chi connectivity index (χ0v) is 14.9. The number of carbonyl (C=O) groups is 2. The molecule has 6 rings (SSSR count). The van der Waals surface area contributed by atoms with Crippen molar-refractivity contribution >= 4 is 11.8 Å². The van der Waals surface area contributed by atoms with Gasteiger partial charge in [0, 0.05) is 36.9 Å². The van der Waals surface area contributed by atoms with Crippen LogP contribution in [0.2, 0.25) is 0 Å². The van der Waals surface area contributed by atoms with Crippen molar-refractivity contribution in [1.29, 1.82) is 0 Å². The molecule has 0 amide bonds. The van der Waals surface area contributed by atoms with Gasteiger partial charge in [-0.2, -0.15) is 0 Å². The van der Waals surface area contributed by atoms with Crippen LogP contribution >= 0.6 is 0 Å². The first-order valence-electron chi connectivity index (χ1n) is 9.29. The summed E-state index contributed by atoms with van der Waals surface area (Å²) in [6.45, 7) is 2.29. The van der Waals surface area contributed by atoms with Gasteiger partial charge in [-0.1, -0.05) is 6.07 Å². The van der Waals surface area contributed by atoms with Crippen molar-refractivity contribution in [1.82, 2.24) is 4.90 Å². The van der Waals surface area contributed by atoms with Crippen LogP contribution in [0.25, 0.3) is 0 Å². The second-order valence-corrected chi connectivity index (χ2v) is 8.91. The highest BCUT2D eigenvalue weighted by Crippen LogP contribution is 2.74. The number of ether oxygens (including phenoxy) is 2. The van der Waals surface area contributed by atoms with Crippen LogP contribution in [0.4, 0.5) is 0 Å². The largest absolute Gasteiger partial charge is 0.477 e. The van der Waals surface area contributed by atoms with Crippen molar-refractivity contribution < 1.29 is 24.2 Å². The minimum Gasteiger partial charge on any atom is -0.477 e. The predicted molar refractivity (Wildman–Crippen MR) is 90.2 cm³/mol. The van der Waals surface area contributed by atoms with E-state index in [2.05, 4.69) is 11.9 Å². The Morgan fingerprint density at radius 2 is 2.23 bits per heavy atom. The number of carbonyl (C=O) groups excluding carboxylic acids is 2. The van der Waals surface area contributed by atoms with E-state index >= 15 is 0 Å². The molecule has 0 radical (unpaired) electrons. The van der Waals surface area contributed by atoms with Gasteiger partial charge in [-0.25, -0.2) is 0 Å². The van der Waals surface area contributed by atoms with Gasteiger partial charge in [0.2, 0.25) is 0 Å². The van der Waals surface area contributed by atoms with Crippen LogP contribution in [-0.2, 0) is 21.4 Å². The topological polar surface area (TPSA) is 76.1 Å². The van der Waals surface area contributed by atoms with Gasteiger partial charge in [0.1, 0.15) is 0 Å². The monoisotopic (exact) mass is 355 g/mol. The summed E-state index contributed by atoms with van der Waals surface area (Å²) < 4.78 is 11.6. The maximum Gasteiger partial charge on any atom is 0.308 e. The predicted octanol–water partition coefficient (Wildman–Crippen LogP) is 0.965. The average Bonchev–Trinajstić information content (AvgIpc) is 2.98. The lowest BCUT2D eigenvalue weighted by Crippen LogP contribution is -2.71. The highest BCUT2D eigenvalue weighted by atomic mass is 16.6. The van der Waals surface area contributed by atoms with Crippen LogP contribution in [-0.4, -0.2) is 53.1 Å². The minimum absolute atomic E-state index is 0.00723. The number of benzene rings is 1. The summed E-state index contributed by atoms with van der Waals surface area (Å²) in [4.78, 5) is 26.6. The van der Waals surface area contributed by atoms with Gasteiger partial charge in [-0.15, -0.1) is 0 Å². The number of hydrogen-bond acceptors (Lipinski definition) is 6. The molecule has 1 saturated heterocycles. The summed E-state index contributed by atoms with van der Waals surface area (Å²) >= 11 is 0. The van der Waals surface area contributed by atoms with Crippen LogP contribution in [0.5, 0.6) is 11.5 Å². The normalized spacial score (nSPS) is 44.0. The minimum atomic E-state index is -0.982. The molecule has 6 nitrogen and oxygen atoms in total. The smallest absolute Gasteiger partial charge is 0.308 e. The van der Waals surface area contributed by atoms with Crippen LogP contribution < -0.4 is 9.47 Å². The van der Waals surface area contributed by atoms with Gasteiger partial charge >= 0.3 is 5.97 Å². The first-order chi connectivity index (χ1) is 12.3.